The van der Waals surface area contributed by atoms with Gasteiger partial charge in [0.15, 0.2) is 6.33 Å². The topological polar surface area (TPSA) is 67.0 Å². The molecule has 0 amide bonds. The van der Waals surface area contributed by atoms with Gasteiger partial charge in [0.05, 0.1) is 12.4 Å². The fraction of sp³-hybridized carbons (Fsp3) is 0.286. The number of imidazole rings is 3. The molecule has 0 aliphatic heterocycles. The molecule has 0 aliphatic rings. The summed E-state index contributed by atoms with van der Waals surface area (Å²) >= 11 is 0. The van der Waals surface area contributed by atoms with E-state index in [-0.39, 0.29) is 22.4 Å². The molecular formula is C42H45AuN7. The van der Waals surface area contributed by atoms with Gasteiger partial charge in [0.1, 0.15) is 11.4 Å². The van der Waals surface area contributed by atoms with Crippen molar-refractivity contribution in [1.29, 1.82) is 0 Å². The summed E-state index contributed by atoms with van der Waals surface area (Å²) < 4.78 is 6.65. The Balaban J connectivity index is 0.000000210. The van der Waals surface area contributed by atoms with E-state index in [2.05, 4.69) is 134 Å². The smallest absolute Gasteiger partial charge is 0.281 e. The van der Waals surface area contributed by atoms with Crippen LogP contribution in [0.1, 0.15) is 101 Å². The molecule has 0 bridgehead atoms. The van der Waals surface area contributed by atoms with E-state index in [0.717, 1.165) is 39.1 Å². The van der Waals surface area contributed by atoms with Crippen LogP contribution in [0.4, 0.5) is 0 Å². The Labute approximate surface area is 310 Å². The number of benzene rings is 4. The van der Waals surface area contributed by atoms with Crippen molar-refractivity contribution in [3.05, 3.63) is 126 Å². The maximum atomic E-state index is 4.83. The Morgan fingerprint density at radius 2 is 0.980 bits per heavy atom. The zero-order valence-corrected chi connectivity index (χ0v) is 32.2. The largest absolute Gasteiger partial charge is 0.366 e. The number of hydrogen-bond donors (Lipinski definition) is 0. The summed E-state index contributed by atoms with van der Waals surface area (Å²) in [6.07, 6.45) is 5.81. The first-order valence-electron chi connectivity index (χ1n) is 17.4. The predicted octanol–water partition coefficient (Wildman–Crippen LogP) is 10.6. The summed E-state index contributed by atoms with van der Waals surface area (Å²) in [7, 11) is 0. The fourth-order valence-electron chi connectivity index (χ4n) is 6.98. The van der Waals surface area contributed by atoms with E-state index >= 15 is 0 Å². The van der Waals surface area contributed by atoms with Gasteiger partial charge >= 0.3 is 0 Å². The fourth-order valence-corrected chi connectivity index (χ4v) is 6.98. The molecule has 8 heteroatoms. The Hall–Kier alpha value is -4.56. The molecule has 0 aliphatic carbocycles. The van der Waals surface area contributed by atoms with E-state index in [1.54, 1.807) is 12.4 Å². The van der Waals surface area contributed by atoms with Crippen LogP contribution >= 0.6 is 0 Å². The SMILES string of the molecule is CC(C)c1cccc(C(C)C)c1-n1[cH+]n(-c2c(C(C)C)cccc2C(C)C)c2nccnc21.[Au].c1ccc2c(c1)nc1[n-]c3ccccc3n12. The Kier molecular flexibility index (Phi) is 10.1. The standard InChI is InChI=1S/C29H37N4.C13H8N3.Au/c1-18(2)22-11-9-12-23(19(3)4)26(22)32-17-33(29-28(32)30-15-16-31-29)27-24(20(5)6)13-10-14-25(27)21(7)8;1-3-7-11-9(5-1)14-13-15-10-6-2-4-8-12(10)16(11)13;/h9-21H,1-8H3;1-8H;/q+1;-1;. The third kappa shape index (κ3) is 6.19. The van der Waals surface area contributed by atoms with Gasteiger partial charge in [0, 0.05) is 72.5 Å². The molecule has 1 radical (unpaired) electrons. The van der Waals surface area contributed by atoms with E-state index in [0.29, 0.717) is 23.7 Å². The van der Waals surface area contributed by atoms with E-state index in [9.17, 15) is 0 Å². The van der Waals surface area contributed by atoms with Gasteiger partial charge in [-0.15, -0.1) is 0 Å². The molecule has 259 valence electrons. The molecule has 8 rings (SSSR count). The van der Waals surface area contributed by atoms with Crippen LogP contribution < -0.4 is 4.98 Å². The first kappa shape index (κ1) is 35.3. The number of aromatic nitrogens is 7. The van der Waals surface area contributed by atoms with Crippen LogP contribution in [0.5, 0.6) is 0 Å². The molecule has 0 fully saturated rings. The molecule has 4 aromatic carbocycles. The number of para-hydroxylation sites is 6. The van der Waals surface area contributed by atoms with Gasteiger partial charge < -0.3 is 14.4 Å². The minimum atomic E-state index is 0. The molecule has 0 saturated heterocycles. The molecule has 8 aromatic rings. The molecule has 0 N–H and O–H groups in total. The molecule has 0 saturated carbocycles. The third-order valence-electron chi connectivity index (χ3n) is 9.40. The van der Waals surface area contributed by atoms with E-state index < -0.39 is 0 Å². The molecule has 0 spiro atoms. The summed E-state index contributed by atoms with van der Waals surface area (Å²) in [6.45, 7) is 18.1. The molecule has 4 heterocycles. The number of rotatable bonds is 6. The summed E-state index contributed by atoms with van der Waals surface area (Å²) in [6, 6.07) is 29.6. The van der Waals surface area contributed by atoms with Crippen molar-refractivity contribution in [2.75, 3.05) is 0 Å². The van der Waals surface area contributed by atoms with Crippen LogP contribution in [0, 0.1) is 0 Å². The molecule has 4 aromatic heterocycles. The summed E-state index contributed by atoms with van der Waals surface area (Å²) in [4.78, 5) is 18.7. The van der Waals surface area contributed by atoms with Crippen LogP contribution in [-0.4, -0.2) is 28.5 Å². The van der Waals surface area contributed by atoms with Gasteiger partial charge in [0.25, 0.3) is 11.3 Å². The second-order valence-corrected chi connectivity index (χ2v) is 14.1. The maximum absolute atomic E-state index is 4.83. The van der Waals surface area contributed by atoms with Crippen molar-refractivity contribution in [1.82, 2.24) is 33.5 Å². The van der Waals surface area contributed by atoms with Crippen LogP contribution in [0.15, 0.2) is 104 Å². The molecule has 0 atom stereocenters. The van der Waals surface area contributed by atoms with Gasteiger partial charge in [-0.1, -0.05) is 116 Å². The van der Waals surface area contributed by atoms with Gasteiger partial charge in [0.2, 0.25) is 0 Å². The number of nitrogens with zero attached hydrogens (tertiary/aromatic N) is 7. The van der Waals surface area contributed by atoms with Gasteiger partial charge in [-0.05, 0) is 47.9 Å². The van der Waals surface area contributed by atoms with Crippen LogP contribution in [0.3, 0.4) is 0 Å². The average Bonchev–Trinajstić information content (AvgIpc) is 3.77. The number of hydrogen-bond acceptors (Lipinski definition) is 3. The van der Waals surface area contributed by atoms with E-state index in [4.69, 9.17) is 9.97 Å². The van der Waals surface area contributed by atoms with Crippen molar-refractivity contribution in [2.45, 2.75) is 79.1 Å². The van der Waals surface area contributed by atoms with Crippen LogP contribution in [-0.2, 0) is 22.4 Å². The van der Waals surface area contributed by atoms with Gasteiger partial charge in [-0.2, -0.15) is 19.1 Å². The minimum absolute atomic E-state index is 0. The molecular weight excluding hydrogens is 799 g/mol. The molecule has 50 heavy (non-hydrogen) atoms. The van der Waals surface area contributed by atoms with Crippen molar-refractivity contribution >= 4 is 39.1 Å². The Morgan fingerprint density at radius 1 is 0.540 bits per heavy atom. The molecule has 0 unspecified atom stereocenters. The second-order valence-electron chi connectivity index (χ2n) is 14.1. The predicted molar refractivity (Wildman–Crippen MR) is 202 cm³/mol. The zero-order valence-electron chi connectivity index (χ0n) is 30.1. The summed E-state index contributed by atoms with van der Waals surface area (Å²) in [5, 5.41) is 0. The quantitative estimate of drug-likeness (QED) is 0.124. The first-order valence-corrected chi connectivity index (χ1v) is 17.4. The third-order valence-corrected chi connectivity index (χ3v) is 9.40. The zero-order chi connectivity index (χ0) is 34.4. The van der Waals surface area contributed by atoms with Crippen molar-refractivity contribution in [2.24, 2.45) is 0 Å². The maximum Gasteiger partial charge on any atom is 0.281 e. The van der Waals surface area contributed by atoms with E-state index in [1.165, 1.54) is 33.6 Å². The van der Waals surface area contributed by atoms with Crippen molar-refractivity contribution in [3.8, 4) is 11.4 Å². The summed E-state index contributed by atoms with van der Waals surface area (Å²) in [5.74, 6) is 2.37. The number of fused-ring (bicyclic) bond motifs is 6. The van der Waals surface area contributed by atoms with Crippen LogP contribution in [0.2, 0.25) is 0 Å². The van der Waals surface area contributed by atoms with Gasteiger partial charge in [-0.25, -0.2) is 0 Å². The first-order chi connectivity index (χ1) is 23.7. The average molecular weight is 845 g/mol. The summed E-state index contributed by atoms with van der Waals surface area (Å²) in [5.41, 5.74) is 13.8. The monoisotopic (exact) mass is 844 g/mol. The van der Waals surface area contributed by atoms with Gasteiger partial charge in [-0.3, -0.25) is 0 Å². The van der Waals surface area contributed by atoms with Crippen LogP contribution in [0.25, 0.3) is 50.5 Å². The van der Waals surface area contributed by atoms with Crippen molar-refractivity contribution < 1.29 is 22.4 Å². The Morgan fingerprint density at radius 3 is 1.46 bits per heavy atom. The minimum Gasteiger partial charge on any atom is -0.366 e. The molecule has 7 nitrogen and oxygen atoms in total. The van der Waals surface area contributed by atoms with E-state index in [1.807, 2.05) is 36.4 Å². The van der Waals surface area contributed by atoms with Crippen molar-refractivity contribution in [3.63, 3.8) is 0 Å². The second kappa shape index (κ2) is 14.4. The Bertz CT molecular complexity index is 2210. The normalized spacial score (nSPS) is 11.8.